The lowest BCUT2D eigenvalue weighted by molar-refractivity contribution is 0.669. The van der Waals surface area contributed by atoms with Crippen molar-refractivity contribution in [3.05, 3.63) is 196 Å². The summed E-state index contributed by atoms with van der Waals surface area (Å²) in [4.78, 5) is 15.0. The Balaban J connectivity index is 1.10. The summed E-state index contributed by atoms with van der Waals surface area (Å²) in [6.07, 6.45) is 0. The number of nitriles is 2. The van der Waals surface area contributed by atoms with Crippen LogP contribution in [0.3, 0.4) is 0 Å². The SMILES string of the molecule is N#Cc1ccc2c(c1)C1c3ccccc3C2c2cc(-c3ccc4oc5cccc(-c6nc(-c7ccccc7)nc(-c7ccccc7)n6)c5c4c3)c(C#N)cc21. The second-order valence-electron chi connectivity index (χ2n) is 14.1. The Morgan fingerprint density at radius 2 is 1.05 bits per heavy atom. The maximum absolute atomic E-state index is 10.7. The first-order valence-corrected chi connectivity index (χ1v) is 18.2. The number of rotatable bonds is 4. The zero-order valence-corrected chi connectivity index (χ0v) is 29.2. The highest BCUT2D eigenvalue weighted by Gasteiger charge is 2.42. The fourth-order valence-corrected chi connectivity index (χ4v) is 8.77. The predicted octanol–water partition coefficient (Wildman–Crippen LogP) is 11.2. The Bertz CT molecular complexity index is 3080. The first-order chi connectivity index (χ1) is 27.2. The fraction of sp³-hybridized carbons (Fsp3) is 0.0408. The summed E-state index contributed by atoms with van der Waals surface area (Å²) in [6, 6.07) is 55.8. The summed E-state index contributed by atoms with van der Waals surface area (Å²) in [5, 5.41) is 22.2. The lowest BCUT2D eigenvalue weighted by Gasteiger charge is -2.42. The predicted molar refractivity (Wildman–Crippen MR) is 213 cm³/mol. The summed E-state index contributed by atoms with van der Waals surface area (Å²) in [7, 11) is 0. The second kappa shape index (κ2) is 11.9. The zero-order valence-electron chi connectivity index (χ0n) is 29.2. The van der Waals surface area contributed by atoms with Crippen molar-refractivity contribution < 1.29 is 4.42 Å². The van der Waals surface area contributed by atoms with Crippen LogP contribution < -0.4 is 0 Å². The van der Waals surface area contributed by atoms with Crippen LogP contribution in [0, 0.1) is 22.7 Å². The minimum atomic E-state index is -0.0505. The Morgan fingerprint density at radius 1 is 0.436 bits per heavy atom. The first kappa shape index (κ1) is 30.9. The number of fused-ring (bicyclic) bond motifs is 3. The number of hydrogen-bond donors (Lipinski definition) is 0. The van der Waals surface area contributed by atoms with Crippen molar-refractivity contribution in [1.82, 2.24) is 15.0 Å². The Kier molecular flexibility index (Phi) is 6.70. The highest BCUT2D eigenvalue weighted by Crippen LogP contribution is 2.57. The Hall–Kier alpha value is -7.67. The van der Waals surface area contributed by atoms with E-state index in [2.05, 4.69) is 60.7 Å². The number of aromatic nitrogens is 3. The third-order valence-corrected chi connectivity index (χ3v) is 11.2. The van der Waals surface area contributed by atoms with E-state index < -0.39 is 0 Å². The van der Waals surface area contributed by atoms with Crippen molar-refractivity contribution in [2.24, 2.45) is 0 Å². The molecule has 3 aliphatic rings. The van der Waals surface area contributed by atoms with E-state index in [4.69, 9.17) is 19.4 Å². The molecule has 55 heavy (non-hydrogen) atoms. The molecule has 0 saturated heterocycles. The normalized spacial score (nSPS) is 14.9. The van der Waals surface area contributed by atoms with Crippen LogP contribution in [0.5, 0.6) is 0 Å². The lowest BCUT2D eigenvalue weighted by Crippen LogP contribution is -2.27. The largest absolute Gasteiger partial charge is 0.456 e. The quantitative estimate of drug-likeness (QED) is 0.181. The molecule has 2 bridgehead atoms. The molecule has 0 saturated carbocycles. The standard InChI is InChI=1S/C49H27N5O/c50-26-28-18-20-35-38(22-28)45-34-15-8-7-14-33(34)44(35)40-25-37(32(27-51)24-39(40)45)31-19-21-42-41(23-31)46-36(16-9-17-43(46)55-42)49-53-47(29-10-3-1-4-11-29)52-48(54-49)30-12-5-2-6-13-30/h1-25,44-45H. The third kappa shape index (κ3) is 4.69. The summed E-state index contributed by atoms with van der Waals surface area (Å²) in [6.45, 7) is 0. The molecule has 6 heteroatoms. The zero-order chi connectivity index (χ0) is 36.6. The molecular weight excluding hydrogens is 675 g/mol. The smallest absolute Gasteiger partial charge is 0.164 e. The van der Waals surface area contributed by atoms with E-state index in [1.165, 1.54) is 22.3 Å². The lowest BCUT2D eigenvalue weighted by atomic mass is 9.60. The summed E-state index contributed by atoms with van der Waals surface area (Å²) in [5.74, 6) is 1.67. The van der Waals surface area contributed by atoms with Gasteiger partial charge in [-0.15, -0.1) is 0 Å². The van der Waals surface area contributed by atoms with Gasteiger partial charge in [0.05, 0.1) is 23.3 Å². The minimum Gasteiger partial charge on any atom is -0.456 e. The monoisotopic (exact) mass is 701 g/mol. The fourth-order valence-electron chi connectivity index (χ4n) is 8.77. The van der Waals surface area contributed by atoms with E-state index in [-0.39, 0.29) is 11.8 Å². The molecule has 12 rings (SSSR count). The molecule has 0 N–H and O–H groups in total. The van der Waals surface area contributed by atoms with Gasteiger partial charge >= 0.3 is 0 Å². The van der Waals surface area contributed by atoms with Gasteiger partial charge in [-0.3, -0.25) is 0 Å². The first-order valence-electron chi connectivity index (χ1n) is 18.2. The second-order valence-corrected chi connectivity index (χ2v) is 14.1. The van der Waals surface area contributed by atoms with Gasteiger partial charge in [0.2, 0.25) is 0 Å². The van der Waals surface area contributed by atoms with E-state index in [1.54, 1.807) is 0 Å². The van der Waals surface area contributed by atoms with E-state index in [0.29, 0.717) is 28.6 Å². The Labute approximate surface area is 316 Å². The van der Waals surface area contributed by atoms with Gasteiger partial charge in [-0.05, 0) is 87.0 Å². The molecule has 2 heterocycles. The van der Waals surface area contributed by atoms with Crippen LogP contribution in [-0.2, 0) is 0 Å². The highest BCUT2D eigenvalue weighted by atomic mass is 16.3. The molecule has 0 amide bonds. The van der Waals surface area contributed by atoms with Crippen LogP contribution in [0.25, 0.3) is 67.2 Å². The summed E-state index contributed by atoms with van der Waals surface area (Å²) >= 11 is 0. The molecule has 0 radical (unpaired) electrons. The van der Waals surface area contributed by atoms with E-state index in [9.17, 15) is 10.5 Å². The molecular formula is C49H27N5O. The van der Waals surface area contributed by atoms with Crippen LogP contribution in [0.2, 0.25) is 0 Å². The van der Waals surface area contributed by atoms with Crippen molar-refractivity contribution in [1.29, 1.82) is 10.5 Å². The minimum absolute atomic E-state index is 0.00279. The van der Waals surface area contributed by atoms with E-state index in [1.807, 2.05) is 103 Å². The molecule has 2 unspecified atom stereocenters. The van der Waals surface area contributed by atoms with Gasteiger partial charge in [-0.2, -0.15) is 10.5 Å². The van der Waals surface area contributed by atoms with Crippen LogP contribution in [0.4, 0.5) is 0 Å². The average Bonchev–Trinajstić information content (AvgIpc) is 3.64. The Morgan fingerprint density at radius 3 is 1.75 bits per heavy atom. The third-order valence-electron chi connectivity index (χ3n) is 11.2. The number of benzene rings is 7. The van der Waals surface area contributed by atoms with Crippen molar-refractivity contribution in [2.75, 3.05) is 0 Å². The van der Waals surface area contributed by atoms with Gasteiger partial charge in [0.25, 0.3) is 0 Å². The maximum Gasteiger partial charge on any atom is 0.164 e. The number of furan rings is 1. The molecule has 2 atom stereocenters. The highest BCUT2D eigenvalue weighted by molar-refractivity contribution is 6.13. The van der Waals surface area contributed by atoms with Crippen LogP contribution in [-0.4, -0.2) is 15.0 Å². The van der Waals surface area contributed by atoms with Crippen LogP contribution in [0.1, 0.15) is 56.3 Å². The molecule has 2 aromatic heterocycles. The van der Waals surface area contributed by atoms with Crippen molar-refractivity contribution in [2.45, 2.75) is 11.8 Å². The van der Waals surface area contributed by atoms with Crippen molar-refractivity contribution in [3.8, 4) is 57.4 Å². The molecule has 9 aromatic rings. The molecule has 7 aromatic carbocycles. The van der Waals surface area contributed by atoms with Crippen molar-refractivity contribution in [3.63, 3.8) is 0 Å². The number of nitrogens with zero attached hydrogens (tertiary/aromatic N) is 5. The number of hydrogen-bond acceptors (Lipinski definition) is 6. The van der Waals surface area contributed by atoms with E-state index in [0.717, 1.165) is 60.9 Å². The van der Waals surface area contributed by atoms with Crippen LogP contribution >= 0.6 is 0 Å². The van der Waals surface area contributed by atoms with Crippen LogP contribution in [0.15, 0.2) is 156 Å². The van der Waals surface area contributed by atoms with Gasteiger partial charge < -0.3 is 4.42 Å². The molecule has 0 spiro atoms. The molecule has 0 fully saturated rings. The van der Waals surface area contributed by atoms with Gasteiger partial charge in [0.1, 0.15) is 11.2 Å². The topological polar surface area (TPSA) is 99.4 Å². The summed E-state index contributed by atoms with van der Waals surface area (Å²) < 4.78 is 6.46. The van der Waals surface area contributed by atoms with Gasteiger partial charge in [0.15, 0.2) is 17.5 Å². The molecule has 3 aliphatic carbocycles. The van der Waals surface area contributed by atoms with Gasteiger partial charge in [-0.25, -0.2) is 15.0 Å². The van der Waals surface area contributed by atoms with Crippen molar-refractivity contribution >= 4 is 21.9 Å². The van der Waals surface area contributed by atoms with Gasteiger partial charge in [0, 0.05) is 39.3 Å². The molecule has 0 aliphatic heterocycles. The molecule has 6 nitrogen and oxygen atoms in total. The molecule has 254 valence electrons. The van der Waals surface area contributed by atoms with E-state index >= 15 is 0 Å². The average molecular weight is 702 g/mol. The summed E-state index contributed by atoms with van der Waals surface area (Å²) in [5.41, 5.74) is 14.3. The maximum atomic E-state index is 10.7. The van der Waals surface area contributed by atoms with Gasteiger partial charge in [-0.1, -0.05) is 109 Å².